The van der Waals surface area contributed by atoms with Gasteiger partial charge in [-0.05, 0) is 0 Å². The minimum atomic E-state index is -2.17. The molecule has 0 heterocycles. The van der Waals surface area contributed by atoms with Crippen molar-refractivity contribution in [2.45, 2.75) is 0 Å². The van der Waals surface area contributed by atoms with Crippen LogP contribution in [0.1, 0.15) is 0 Å². The molecule has 0 fully saturated rings. The van der Waals surface area contributed by atoms with Crippen molar-refractivity contribution in [3.63, 3.8) is 0 Å². The summed E-state index contributed by atoms with van der Waals surface area (Å²) in [5, 5.41) is 0. The largest absolute Gasteiger partial charge is 2.00 e. The normalized spacial score (nSPS) is 8.69. The van der Waals surface area contributed by atoms with Gasteiger partial charge in [-0.2, -0.15) is 0 Å². The molecule has 0 N–H and O–H groups in total. The topological polar surface area (TPSA) is 0 Å². The molecule has 6 heteroatoms. The Morgan fingerprint density at radius 3 is 1.31 bits per heavy atom. The Hall–Kier alpha value is -0.468. The smallest absolute Gasteiger partial charge is 0.358 e. The van der Waals surface area contributed by atoms with Crippen LogP contribution in [-0.4, -0.2) is 0 Å². The summed E-state index contributed by atoms with van der Waals surface area (Å²) in [4.78, 5) is 0. The molecule has 0 spiro atoms. The average Bonchev–Trinajstić information content (AvgIpc) is 1.97. The second-order valence-corrected chi connectivity index (χ2v) is 1.69. The van der Waals surface area contributed by atoms with Crippen LogP contribution in [0, 0.1) is 42.6 Å². The third kappa shape index (κ3) is 2.75. The average molecular weight is 289 g/mol. The van der Waals surface area contributed by atoms with Gasteiger partial charge in [0.25, 0.3) is 0 Å². The molecule has 0 saturated heterocycles. The van der Waals surface area contributed by atoms with Gasteiger partial charge in [-0.1, -0.05) is 0 Å². The summed E-state index contributed by atoms with van der Waals surface area (Å²) >= 11 is 0. The van der Waals surface area contributed by atoms with Gasteiger partial charge in [0.15, 0.2) is 0 Å². The van der Waals surface area contributed by atoms with Gasteiger partial charge in [0.05, 0.1) is 29.1 Å². The van der Waals surface area contributed by atoms with E-state index in [1.165, 1.54) is 0 Å². The molecule has 1 aromatic carbocycles. The Morgan fingerprint density at radius 1 is 0.692 bits per heavy atom. The van der Waals surface area contributed by atoms with Crippen molar-refractivity contribution in [3.05, 3.63) is 42.6 Å². The van der Waals surface area contributed by atoms with E-state index in [4.69, 9.17) is 0 Å². The number of hydrogen-bond donors (Lipinski definition) is 0. The van der Waals surface area contributed by atoms with Gasteiger partial charge in [0.2, 0.25) is 0 Å². The number of rotatable bonds is 0. The van der Waals surface area contributed by atoms with Crippen LogP contribution in [0.5, 0.6) is 0 Å². The molecule has 0 aliphatic rings. The zero-order valence-electron chi connectivity index (χ0n) is 6.21. The van der Waals surface area contributed by atoms with Gasteiger partial charge in [0, 0.05) is 0 Å². The van der Waals surface area contributed by atoms with E-state index in [1.807, 2.05) is 0 Å². The zero-order valence-corrected chi connectivity index (χ0v) is 7.76. The van der Waals surface area contributed by atoms with Crippen LogP contribution in [0.3, 0.4) is 0 Å². The molecular formula is C7H3F5Pd. The predicted molar refractivity (Wildman–Crippen MR) is 31.5 cm³/mol. The minimum Gasteiger partial charge on any atom is -0.358 e. The molecule has 13 heavy (non-hydrogen) atoms. The molecule has 0 amide bonds. The van der Waals surface area contributed by atoms with E-state index in [0.29, 0.717) is 0 Å². The van der Waals surface area contributed by atoms with E-state index in [2.05, 4.69) is 0 Å². The Kier molecular flexibility index (Phi) is 6.13. The molecule has 0 atom stereocenters. The van der Waals surface area contributed by atoms with E-state index in [-0.39, 0.29) is 27.8 Å². The van der Waals surface area contributed by atoms with Crippen molar-refractivity contribution in [2.24, 2.45) is 0 Å². The van der Waals surface area contributed by atoms with Crippen LogP contribution in [0.2, 0.25) is 0 Å². The molecule has 0 aliphatic carbocycles. The van der Waals surface area contributed by atoms with Gasteiger partial charge in [-0.15, -0.1) is 6.07 Å². The summed E-state index contributed by atoms with van der Waals surface area (Å²) in [5.41, 5.74) is 0. The summed E-state index contributed by atoms with van der Waals surface area (Å²) in [5.74, 6) is -10.0. The third-order valence-electron chi connectivity index (χ3n) is 0.990. The van der Waals surface area contributed by atoms with Crippen molar-refractivity contribution in [2.75, 3.05) is 0 Å². The van der Waals surface area contributed by atoms with Crippen molar-refractivity contribution in [3.8, 4) is 0 Å². The van der Waals surface area contributed by atoms with Crippen LogP contribution in [0.15, 0.2) is 0 Å². The fraction of sp³-hybridized carbons (Fsp3) is 0. The molecule has 0 saturated carbocycles. The maximum atomic E-state index is 12.0. The van der Waals surface area contributed by atoms with Gasteiger partial charge in [-0.3, -0.25) is 8.78 Å². The molecule has 76 valence electrons. The summed E-state index contributed by atoms with van der Waals surface area (Å²) in [6.07, 6.45) is 0. The summed E-state index contributed by atoms with van der Waals surface area (Å²) < 4.78 is 59.9. The molecule has 0 radical (unpaired) electrons. The maximum Gasteiger partial charge on any atom is 2.00 e. The zero-order chi connectivity index (χ0) is 8.59. The predicted octanol–water partition coefficient (Wildman–Crippen LogP) is 2.63. The first-order valence-corrected chi connectivity index (χ1v) is 2.44. The van der Waals surface area contributed by atoms with E-state index in [0.717, 1.165) is 6.07 Å². The number of hydrogen-bond acceptors (Lipinski definition) is 0. The standard InChI is InChI=1S/C6F5.CH3.Pd/c7-2-1-3(8)5(10)6(11)4(2)9;;/h;1H3;/q2*-1;+2. The third-order valence-corrected chi connectivity index (χ3v) is 0.990. The fourth-order valence-corrected chi connectivity index (χ4v) is 0.495. The second kappa shape index (κ2) is 5.30. The van der Waals surface area contributed by atoms with Gasteiger partial charge in [0.1, 0.15) is 0 Å². The second-order valence-electron chi connectivity index (χ2n) is 1.69. The molecule has 0 unspecified atom stereocenters. The molecule has 0 bridgehead atoms. The molecule has 0 aliphatic heterocycles. The Morgan fingerprint density at radius 2 is 1.00 bits per heavy atom. The number of benzene rings is 1. The Bertz CT molecular complexity index is 273. The monoisotopic (exact) mass is 288 g/mol. The summed E-state index contributed by atoms with van der Waals surface area (Å²) in [6, 6.07) is 1.02. The molecule has 0 nitrogen and oxygen atoms in total. The molecule has 1 rings (SSSR count). The van der Waals surface area contributed by atoms with Crippen LogP contribution in [-0.2, 0) is 20.4 Å². The van der Waals surface area contributed by atoms with E-state index < -0.39 is 29.1 Å². The van der Waals surface area contributed by atoms with Crippen molar-refractivity contribution in [1.82, 2.24) is 0 Å². The fourth-order valence-electron chi connectivity index (χ4n) is 0.495. The van der Waals surface area contributed by atoms with E-state index in [9.17, 15) is 22.0 Å². The quantitative estimate of drug-likeness (QED) is 0.226. The van der Waals surface area contributed by atoms with Crippen LogP contribution in [0.25, 0.3) is 0 Å². The van der Waals surface area contributed by atoms with Crippen LogP contribution in [0.4, 0.5) is 22.0 Å². The molecular weight excluding hydrogens is 285 g/mol. The van der Waals surface area contributed by atoms with Crippen molar-refractivity contribution in [1.29, 1.82) is 0 Å². The van der Waals surface area contributed by atoms with Crippen LogP contribution < -0.4 is 0 Å². The Labute approximate surface area is 85.4 Å². The first-order valence-electron chi connectivity index (χ1n) is 2.44. The van der Waals surface area contributed by atoms with Crippen molar-refractivity contribution < 1.29 is 42.4 Å². The molecule has 1 aromatic rings. The maximum absolute atomic E-state index is 12.0. The van der Waals surface area contributed by atoms with Gasteiger partial charge < -0.3 is 7.43 Å². The van der Waals surface area contributed by atoms with Gasteiger partial charge >= 0.3 is 20.4 Å². The first-order chi connectivity index (χ1) is 5.04. The molecule has 0 aromatic heterocycles. The first kappa shape index (κ1) is 15.0. The van der Waals surface area contributed by atoms with Crippen molar-refractivity contribution >= 4 is 0 Å². The number of halogens is 5. The van der Waals surface area contributed by atoms with E-state index in [1.54, 1.807) is 0 Å². The summed E-state index contributed by atoms with van der Waals surface area (Å²) in [6.45, 7) is 0. The van der Waals surface area contributed by atoms with Gasteiger partial charge in [-0.25, -0.2) is 13.2 Å². The SMILES string of the molecule is Fc1[c-]c(F)c(F)c(F)c1F.[CH3-].[Pd+2]. The Balaban J connectivity index is 0. The van der Waals surface area contributed by atoms with Crippen LogP contribution >= 0.6 is 0 Å². The summed E-state index contributed by atoms with van der Waals surface area (Å²) in [7, 11) is 0. The van der Waals surface area contributed by atoms with E-state index >= 15 is 0 Å². The minimum absolute atomic E-state index is 0.